The van der Waals surface area contributed by atoms with Gasteiger partial charge >= 0.3 is 5.97 Å². The topological polar surface area (TPSA) is 76.2 Å². The highest BCUT2D eigenvalue weighted by Crippen LogP contribution is 2.30. The highest BCUT2D eigenvalue weighted by molar-refractivity contribution is 6.30. The van der Waals surface area contributed by atoms with Crippen LogP contribution >= 0.6 is 11.6 Å². The minimum absolute atomic E-state index is 0.288. The molecule has 3 aromatic carbocycles. The summed E-state index contributed by atoms with van der Waals surface area (Å²) in [5.74, 6) is -0.950. The normalized spacial score (nSPS) is 10.4. The molecular formula is C25H23ClN2O2. The fourth-order valence-corrected chi connectivity index (χ4v) is 3.50. The second-order valence-electron chi connectivity index (χ2n) is 6.82. The molecule has 0 atom stereocenters. The van der Waals surface area contributed by atoms with Gasteiger partial charge in [0.2, 0.25) is 0 Å². The SMILES string of the molecule is Cc1c(-c2cccc(Cl)c2)nc2ccccc2c1C(=O)O.NCCc1ccccc1. The van der Waals surface area contributed by atoms with Gasteiger partial charge < -0.3 is 10.8 Å². The van der Waals surface area contributed by atoms with E-state index in [2.05, 4.69) is 17.1 Å². The van der Waals surface area contributed by atoms with E-state index in [1.807, 2.05) is 48.5 Å². The molecule has 0 amide bonds. The van der Waals surface area contributed by atoms with Crippen molar-refractivity contribution in [3.63, 3.8) is 0 Å². The van der Waals surface area contributed by atoms with Crippen molar-refractivity contribution in [2.24, 2.45) is 5.73 Å². The van der Waals surface area contributed by atoms with Crippen LogP contribution in [-0.4, -0.2) is 22.6 Å². The summed E-state index contributed by atoms with van der Waals surface area (Å²) in [5, 5.41) is 10.8. The molecule has 4 nitrogen and oxygen atoms in total. The number of fused-ring (bicyclic) bond motifs is 1. The van der Waals surface area contributed by atoms with E-state index >= 15 is 0 Å². The first-order chi connectivity index (χ1) is 14.5. The van der Waals surface area contributed by atoms with Crippen molar-refractivity contribution in [1.29, 1.82) is 0 Å². The summed E-state index contributed by atoms with van der Waals surface area (Å²) in [6.07, 6.45) is 0.987. The Morgan fingerprint density at radius 1 is 1.00 bits per heavy atom. The maximum absolute atomic E-state index is 11.6. The molecule has 0 aliphatic heterocycles. The number of aromatic carboxylic acids is 1. The van der Waals surface area contributed by atoms with E-state index in [1.54, 1.807) is 25.1 Å². The lowest BCUT2D eigenvalue weighted by molar-refractivity contribution is 0.0698. The first kappa shape index (κ1) is 21.5. The van der Waals surface area contributed by atoms with E-state index in [-0.39, 0.29) is 5.56 Å². The molecule has 5 heteroatoms. The molecule has 0 fully saturated rings. The summed E-state index contributed by atoms with van der Waals surface area (Å²) < 4.78 is 0. The van der Waals surface area contributed by atoms with Crippen molar-refractivity contribution in [2.75, 3.05) is 6.54 Å². The number of para-hydroxylation sites is 1. The number of carbonyl (C=O) groups is 1. The summed E-state index contributed by atoms with van der Waals surface area (Å²) in [7, 11) is 0. The van der Waals surface area contributed by atoms with E-state index in [9.17, 15) is 9.90 Å². The Balaban J connectivity index is 0.000000239. The molecule has 1 heterocycles. The molecule has 0 aliphatic rings. The fraction of sp³-hybridized carbons (Fsp3) is 0.120. The van der Waals surface area contributed by atoms with Crippen LogP contribution in [0.2, 0.25) is 5.02 Å². The molecule has 0 saturated carbocycles. The van der Waals surface area contributed by atoms with Gasteiger partial charge in [0.05, 0.1) is 16.8 Å². The summed E-state index contributed by atoms with van der Waals surface area (Å²) in [4.78, 5) is 16.2. The smallest absolute Gasteiger partial charge is 0.336 e. The zero-order valence-electron chi connectivity index (χ0n) is 16.7. The number of carboxylic acid groups (broad SMARTS) is 1. The van der Waals surface area contributed by atoms with Crippen LogP contribution in [0.15, 0.2) is 78.9 Å². The zero-order chi connectivity index (χ0) is 21.5. The molecule has 0 spiro atoms. The second kappa shape index (κ2) is 10.0. The Labute approximate surface area is 181 Å². The van der Waals surface area contributed by atoms with Gasteiger partial charge in [0.15, 0.2) is 0 Å². The lowest BCUT2D eigenvalue weighted by atomic mass is 9.98. The van der Waals surface area contributed by atoms with Gasteiger partial charge in [-0.3, -0.25) is 0 Å². The number of nitrogens with two attached hydrogens (primary N) is 1. The van der Waals surface area contributed by atoms with Gasteiger partial charge in [0.1, 0.15) is 0 Å². The zero-order valence-corrected chi connectivity index (χ0v) is 17.4. The lowest BCUT2D eigenvalue weighted by Gasteiger charge is -2.12. The van der Waals surface area contributed by atoms with E-state index in [0.717, 1.165) is 18.5 Å². The van der Waals surface area contributed by atoms with Gasteiger partial charge in [-0.15, -0.1) is 0 Å². The van der Waals surface area contributed by atoms with Gasteiger partial charge in [-0.05, 0) is 49.2 Å². The molecule has 4 rings (SSSR count). The number of pyridine rings is 1. The second-order valence-corrected chi connectivity index (χ2v) is 7.25. The molecule has 30 heavy (non-hydrogen) atoms. The first-order valence-electron chi connectivity index (χ1n) is 9.64. The third kappa shape index (κ3) is 5.03. The van der Waals surface area contributed by atoms with Gasteiger partial charge in [-0.25, -0.2) is 9.78 Å². The number of halogens is 1. The number of rotatable bonds is 4. The Morgan fingerprint density at radius 2 is 1.70 bits per heavy atom. The molecule has 0 radical (unpaired) electrons. The Kier molecular flexibility index (Phi) is 7.17. The number of aromatic nitrogens is 1. The summed E-state index contributed by atoms with van der Waals surface area (Å²) in [6, 6.07) is 24.8. The van der Waals surface area contributed by atoms with Gasteiger partial charge in [0, 0.05) is 16.0 Å². The van der Waals surface area contributed by atoms with Crippen LogP contribution < -0.4 is 5.73 Å². The predicted molar refractivity (Wildman–Crippen MR) is 123 cm³/mol. The minimum atomic E-state index is -0.950. The van der Waals surface area contributed by atoms with Crippen molar-refractivity contribution in [3.05, 3.63) is 101 Å². The predicted octanol–water partition coefficient (Wildman–Crippen LogP) is 5.75. The molecule has 3 N–H and O–H groups in total. The first-order valence-corrected chi connectivity index (χ1v) is 10.0. The minimum Gasteiger partial charge on any atom is -0.478 e. The van der Waals surface area contributed by atoms with Crippen LogP contribution in [0.4, 0.5) is 0 Å². The van der Waals surface area contributed by atoms with Crippen LogP contribution in [0.5, 0.6) is 0 Å². The van der Waals surface area contributed by atoms with Gasteiger partial charge in [-0.2, -0.15) is 0 Å². The van der Waals surface area contributed by atoms with E-state index in [1.165, 1.54) is 5.56 Å². The third-order valence-electron chi connectivity index (χ3n) is 4.72. The molecule has 4 aromatic rings. The Morgan fingerprint density at radius 3 is 2.37 bits per heavy atom. The van der Waals surface area contributed by atoms with E-state index in [4.69, 9.17) is 17.3 Å². The van der Waals surface area contributed by atoms with Gasteiger partial charge in [0.25, 0.3) is 0 Å². The largest absolute Gasteiger partial charge is 0.478 e. The van der Waals surface area contributed by atoms with Crippen molar-refractivity contribution in [3.8, 4) is 11.3 Å². The van der Waals surface area contributed by atoms with E-state index in [0.29, 0.717) is 27.2 Å². The lowest BCUT2D eigenvalue weighted by Crippen LogP contribution is -2.04. The summed E-state index contributed by atoms with van der Waals surface area (Å²) in [6.45, 7) is 2.52. The van der Waals surface area contributed by atoms with Crippen molar-refractivity contribution in [2.45, 2.75) is 13.3 Å². The Hall–Kier alpha value is -3.21. The monoisotopic (exact) mass is 418 g/mol. The number of hydrogen-bond acceptors (Lipinski definition) is 3. The quantitative estimate of drug-likeness (QED) is 0.442. The fourth-order valence-electron chi connectivity index (χ4n) is 3.31. The van der Waals surface area contributed by atoms with Crippen LogP contribution in [0, 0.1) is 6.92 Å². The van der Waals surface area contributed by atoms with Crippen molar-refractivity contribution >= 4 is 28.5 Å². The molecule has 0 aliphatic carbocycles. The van der Waals surface area contributed by atoms with Crippen LogP contribution in [0.1, 0.15) is 21.5 Å². The standard InChI is InChI=1S/C17H12ClNO2.C8H11N/c1-10-15(17(20)21)13-7-2-3-8-14(13)19-16(10)11-5-4-6-12(18)9-11;9-7-6-8-4-2-1-3-5-8/h2-9H,1H3,(H,20,21);1-5H,6-7,9H2. The summed E-state index contributed by atoms with van der Waals surface area (Å²) >= 11 is 6.02. The molecule has 0 unspecified atom stereocenters. The third-order valence-corrected chi connectivity index (χ3v) is 4.96. The molecule has 0 saturated heterocycles. The maximum atomic E-state index is 11.6. The maximum Gasteiger partial charge on any atom is 0.336 e. The number of nitrogens with zero attached hydrogens (tertiary/aromatic N) is 1. The average molecular weight is 419 g/mol. The number of benzene rings is 3. The molecule has 1 aromatic heterocycles. The van der Waals surface area contributed by atoms with Crippen LogP contribution in [0.3, 0.4) is 0 Å². The average Bonchev–Trinajstić information content (AvgIpc) is 2.74. The van der Waals surface area contributed by atoms with E-state index < -0.39 is 5.97 Å². The van der Waals surface area contributed by atoms with Crippen molar-refractivity contribution in [1.82, 2.24) is 4.98 Å². The van der Waals surface area contributed by atoms with Gasteiger partial charge in [-0.1, -0.05) is 72.3 Å². The number of carboxylic acids is 1. The van der Waals surface area contributed by atoms with Crippen LogP contribution in [-0.2, 0) is 6.42 Å². The van der Waals surface area contributed by atoms with Crippen LogP contribution in [0.25, 0.3) is 22.2 Å². The highest BCUT2D eigenvalue weighted by Gasteiger charge is 2.17. The molecule has 0 bridgehead atoms. The summed E-state index contributed by atoms with van der Waals surface area (Å²) in [5.41, 5.74) is 9.73. The van der Waals surface area contributed by atoms with Crippen molar-refractivity contribution < 1.29 is 9.90 Å². The number of hydrogen-bond donors (Lipinski definition) is 2. The highest BCUT2D eigenvalue weighted by atomic mass is 35.5. The molecule has 152 valence electrons. The Bertz CT molecular complexity index is 1160. The molecular weight excluding hydrogens is 396 g/mol.